The van der Waals surface area contributed by atoms with Crippen molar-refractivity contribution in [1.29, 1.82) is 0 Å². The Kier molecular flexibility index (Phi) is 5.60. The molecule has 2 aromatic heterocycles. The molecule has 3 rings (SSSR count). The summed E-state index contributed by atoms with van der Waals surface area (Å²) in [5.41, 5.74) is 1.03. The maximum Gasteiger partial charge on any atom is 0.227 e. The van der Waals surface area contributed by atoms with Crippen molar-refractivity contribution in [1.82, 2.24) is 20.0 Å². The quantitative estimate of drug-likeness (QED) is 0.799. The van der Waals surface area contributed by atoms with Gasteiger partial charge in [0.2, 0.25) is 11.8 Å². The van der Waals surface area contributed by atoms with Gasteiger partial charge >= 0.3 is 0 Å². The summed E-state index contributed by atoms with van der Waals surface area (Å²) in [4.78, 5) is 23.6. The molecule has 1 fully saturated rings. The van der Waals surface area contributed by atoms with E-state index in [4.69, 9.17) is 4.52 Å². The molecule has 1 atom stereocenters. The number of amides is 1. The predicted octanol–water partition coefficient (Wildman–Crippen LogP) is 3.47. The molecule has 0 saturated carbocycles. The van der Waals surface area contributed by atoms with E-state index in [1.165, 1.54) is 0 Å². The van der Waals surface area contributed by atoms with Gasteiger partial charge in [0.15, 0.2) is 5.82 Å². The van der Waals surface area contributed by atoms with Crippen molar-refractivity contribution >= 4 is 17.2 Å². The molecule has 0 unspecified atom stereocenters. The first-order chi connectivity index (χ1) is 11.7. The van der Waals surface area contributed by atoms with Crippen LogP contribution < -0.4 is 0 Å². The Morgan fingerprint density at radius 2 is 2.25 bits per heavy atom. The molecule has 1 aliphatic rings. The molecule has 1 saturated heterocycles. The largest absolute Gasteiger partial charge is 0.339 e. The Morgan fingerprint density at radius 3 is 3.00 bits per heavy atom. The number of hydrogen-bond donors (Lipinski definition) is 0. The molecule has 24 heavy (non-hydrogen) atoms. The molecule has 2 aromatic rings. The first-order valence-corrected chi connectivity index (χ1v) is 9.58. The third-order valence-electron chi connectivity index (χ3n) is 4.28. The van der Waals surface area contributed by atoms with Crippen molar-refractivity contribution < 1.29 is 9.32 Å². The van der Waals surface area contributed by atoms with Crippen LogP contribution in [0.2, 0.25) is 0 Å². The molecule has 0 N–H and O–H groups in total. The fourth-order valence-corrected chi connectivity index (χ4v) is 4.03. The zero-order valence-electron chi connectivity index (χ0n) is 14.3. The van der Waals surface area contributed by atoms with Crippen molar-refractivity contribution in [2.75, 3.05) is 6.54 Å². The first kappa shape index (κ1) is 17.1. The van der Waals surface area contributed by atoms with E-state index in [0.717, 1.165) is 55.2 Å². The number of hydrogen-bond acceptors (Lipinski definition) is 6. The molecule has 0 spiro atoms. The topological polar surface area (TPSA) is 72.1 Å². The highest BCUT2D eigenvalue weighted by atomic mass is 32.1. The average Bonchev–Trinajstić information content (AvgIpc) is 3.22. The van der Waals surface area contributed by atoms with Crippen LogP contribution >= 0.6 is 11.3 Å². The maximum atomic E-state index is 12.7. The number of rotatable bonds is 6. The minimum absolute atomic E-state index is 0.128. The Labute approximate surface area is 146 Å². The number of carbonyl (C=O) groups is 1. The Morgan fingerprint density at radius 1 is 1.38 bits per heavy atom. The Bertz CT molecular complexity index is 682. The molecular weight excluding hydrogens is 324 g/mol. The number of likely N-dealkylation sites (tertiary alicyclic amines) is 1. The lowest BCUT2D eigenvalue weighted by atomic mass is 10.0. The van der Waals surface area contributed by atoms with E-state index in [-0.39, 0.29) is 11.9 Å². The van der Waals surface area contributed by atoms with Crippen LogP contribution in [0.25, 0.3) is 0 Å². The van der Waals surface area contributed by atoms with Crippen LogP contribution in [-0.4, -0.2) is 32.5 Å². The molecule has 0 aromatic carbocycles. The predicted molar refractivity (Wildman–Crippen MR) is 91.8 cm³/mol. The van der Waals surface area contributed by atoms with Crippen LogP contribution in [0.4, 0.5) is 0 Å². The summed E-state index contributed by atoms with van der Waals surface area (Å²) in [7, 11) is 0. The van der Waals surface area contributed by atoms with Gasteiger partial charge in [-0.15, -0.1) is 11.3 Å². The van der Waals surface area contributed by atoms with E-state index in [1.54, 1.807) is 11.3 Å². The second-order valence-electron chi connectivity index (χ2n) is 6.28. The van der Waals surface area contributed by atoms with Gasteiger partial charge in [-0.05, 0) is 32.6 Å². The lowest BCUT2D eigenvalue weighted by Gasteiger charge is -2.34. The van der Waals surface area contributed by atoms with E-state index in [1.807, 2.05) is 11.8 Å². The van der Waals surface area contributed by atoms with Crippen LogP contribution in [-0.2, 0) is 17.6 Å². The summed E-state index contributed by atoms with van der Waals surface area (Å²) in [5, 5.41) is 7.06. The standard InChI is InChI=1S/C17H24N4O2S/c1-3-6-14-19-15(23-20-14)8-9-16(22)21-10-5-4-7-13(21)17-18-12(2)11-24-17/h11,13H,3-10H2,1-2H3/t13-/m0/s1. The highest BCUT2D eigenvalue weighted by Gasteiger charge is 2.29. The summed E-state index contributed by atoms with van der Waals surface area (Å²) in [6, 6.07) is 0.128. The lowest BCUT2D eigenvalue weighted by molar-refractivity contribution is -0.135. The van der Waals surface area contributed by atoms with Gasteiger partial charge in [0.25, 0.3) is 0 Å². The molecule has 0 aliphatic carbocycles. The van der Waals surface area contributed by atoms with Gasteiger partial charge in [-0.3, -0.25) is 4.79 Å². The Balaban J connectivity index is 1.61. The molecule has 1 amide bonds. The zero-order chi connectivity index (χ0) is 16.9. The highest BCUT2D eigenvalue weighted by molar-refractivity contribution is 7.09. The van der Waals surface area contributed by atoms with Crippen LogP contribution in [0.5, 0.6) is 0 Å². The third kappa shape index (κ3) is 4.01. The number of aromatic nitrogens is 3. The van der Waals surface area contributed by atoms with Gasteiger partial charge in [-0.1, -0.05) is 12.1 Å². The zero-order valence-corrected chi connectivity index (χ0v) is 15.1. The minimum Gasteiger partial charge on any atom is -0.339 e. The summed E-state index contributed by atoms with van der Waals surface area (Å²) >= 11 is 1.65. The van der Waals surface area contributed by atoms with Crippen molar-refractivity contribution in [3.8, 4) is 0 Å². The smallest absolute Gasteiger partial charge is 0.227 e. The number of aryl methyl sites for hydroxylation is 3. The maximum absolute atomic E-state index is 12.7. The van der Waals surface area contributed by atoms with Crippen LogP contribution in [0, 0.1) is 6.92 Å². The molecule has 7 heteroatoms. The molecule has 0 radical (unpaired) electrons. The fourth-order valence-electron chi connectivity index (χ4n) is 3.09. The molecule has 3 heterocycles. The van der Waals surface area contributed by atoms with Crippen LogP contribution in [0.15, 0.2) is 9.90 Å². The number of thiazole rings is 1. The molecule has 130 valence electrons. The van der Waals surface area contributed by atoms with Gasteiger partial charge in [-0.2, -0.15) is 4.98 Å². The number of carbonyl (C=O) groups excluding carboxylic acids is 1. The van der Waals surface area contributed by atoms with Gasteiger partial charge in [0.1, 0.15) is 5.01 Å². The molecule has 6 nitrogen and oxygen atoms in total. The lowest BCUT2D eigenvalue weighted by Crippen LogP contribution is -2.38. The van der Waals surface area contributed by atoms with Crippen molar-refractivity contribution in [3.05, 3.63) is 27.8 Å². The van der Waals surface area contributed by atoms with Gasteiger partial charge in [0, 0.05) is 36.9 Å². The summed E-state index contributed by atoms with van der Waals surface area (Å²) in [5.74, 6) is 1.45. The van der Waals surface area contributed by atoms with E-state index >= 15 is 0 Å². The minimum atomic E-state index is 0.128. The van der Waals surface area contributed by atoms with Gasteiger partial charge < -0.3 is 9.42 Å². The SMILES string of the molecule is CCCc1noc(CCC(=O)N2CCCC[C@H]2c2nc(C)cs2)n1. The van der Waals surface area contributed by atoms with Gasteiger partial charge in [0.05, 0.1) is 6.04 Å². The average molecular weight is 348 g/mol. The van der Waals surface area contributed by atoms with E-state index in [0.29, 0.717) is 18.7 Å². The van der Waals surface area contributed by atoms with Crippen molar-refractivity contribution in [3.63, 3.8) is 0 Å². The highest BCUT2D eigenvalue weighted by Crippen LogP contribution is 2.33. The van der Waals surface area contributed by atoms with Crippen molar-refractivity contribution in [2.45, 2.75) is 64.8 Å². The normalized spacial score (nSPS) is 18.1. The second kappa shape index (κ2) is 7.88. The number of piperidine rings is 1. The van der Waals surface area contributed by atoms with E-state index in [9.17, 15) is 4.79 Å². The second-order valence-corrected chi connectivity index (χ2v) is 7.17. The van der Waals surface area contributed by atoms with Crippen LogP contribution in [0.1, 0.15) is 67.5 Å². The number of nitrogens with zero attached hydrogens (tertiary/aromatic N) is 4. The summed E-state index contributed by atoms with van der Waals surface area (Å²) in [6.45, 7) is 4.89. The van der Waals surface area contributed by atoms with Gasteiger partial charge in [-0.25, -0.2) is 4.98 Å². The molecule has 0 bridgehead atoms. The Hall–Kier alpha value is -1.76. The van der Waals surface area contributed by atoms with Crippen LogP contribution in [0.3, 0.4) is 0 Å². The molecule has 1 aliphatic heterocycles. The summed E-state index contributed by atoms with van der Waals surface area (Å²) in [6.07, 6.45) is 5.94. The first-order valence-electron chi connectivity index (χ1n) is 8.70. The molecular formula is C17H24N4O2S. The van der Waals surface area contributed by atoms with E-state index in [2.05, 4.69) is 27.4 Å². The fraction of sp³-hybridized carbons (Fsp3) is 0.647. The van der Waals surface area contributed by atoms with E-state index < -0.39 is 0 Å². The monoisotopic (exact) mass is 348 g/mol. The summed E-state index contributed by atoms with van der Waals surface area (Å²) < 4.78 is 5.23. The van der Waals surface area contributed by atoms with Crippen molar-refractivity contribution in [2.24, 2.45) is 0 Å². The third-order valence-corrected chi connectivity index (χ3v) is 5.35.